The zero-order valence-corrected chi connectivity index (χ0v) is 15.6. The summed E-state index contributed by atoms with van der Waals surface area (Å²) in [5, 5.41) is 13.0. The molecule has 0 unspecified atom stereocenters. The van der Waals surface area contributed by atoms with Gasteiger partial charge in [0.25, 0.3) is 0 Å². The number of thioether (sulfide) groups is 1. The summed E-state index contributed by atoms with van der Waals surface area (Å²) < 4.78 is 5.62. The molecule has 3 rings (SSSR count). The molecule has 0 saturated heterocycles. The van der Waals surface area contributed by atoms with Crippen LogP contribution in [0.25, 0.3) is 0 Å². The third-order valence-electron chi connectivity index (χ3n) is 3.36. The van der Waals surface area contributed by atoms with Crippen molar-refractivity contribution in [3.8, 4) is 11.5 Å². The van der Waals surface area contributed by atoms with Crippen molar-refractivity contribution in [1.82, 2.24) is 4.98 Å². The first-order chi connectivity index (χ1) is 12.5. The van der Waals surface area contributed by atoms with Crippen LogP contribution in [0.3, 0.4) is 0 Å². The lowest BCUT2D eigenvalue weighted by molar-refractivity contribution is -0.385. The zero-order valence-electron chi connectivity index (χ0n) is 13.3. The Kier molecular flexibility index (Phi) is 5.98. The smallest absolute Gasteiger partial charge is 0.311 e. The molecule has 8 heteroatoms. The molecule has 1 heterocycles. The summed E-state index contributed by atoms with van der Waals surface area (Å²) >= 11 is 13.4. The van der Waals surface area contributed by atoms with E-state index >= 15 is 0 Å². The Morgan fingerprint density at radius 3 is 2.58 bits per heavy atom. The number of nitro benzene ring substituents is 1. The van der Waals surface area contributed by atoms with Crippen molar-refractivity contribution in [2.45, 2.75) is 10.8 Å². The lowest BCUT2D eigenvalue weighted by Gasteiger charge is -2.09. The van der Waals surface area contributed by atoms with Crippen molar-refractivity contribution in [3.63, 3.8) is 0 Å². The Bertz CT molecular complexity index is 939. The van der Waals surface area contributed by atoms with Gasteiger partial charge in [-0.05, 0) is 42.0 Å². The van der Waals surface area contributed by atoms with Gasteiger partial charge in [-0.15, -0.1) is 11.8 Å². The van der Waals surface area contributed by atoms with Gasteiger partial charge in [-0.1, -0.05) is 35.3 Å². The molecule has 0 atom stereocenters. The fourth-order valence-electron chi connectivity index (χ4n) is 2.15. The summed E-state index contributed by atoms with van der Waals surface area (Å²) in [5.41, 5.74) is 0.664. The number of nitrogens with zero attached hydrogens (tertiary/aromatic N) is 2. The van der Waals surface area contributed by atoms with Crippen molar-refractivity contribution in [2.24, 2.45) is 0 Å². The van der Waals surface area contributed by atoms with Gasteiger partial charge in [0.1, 0.15) is 5.75 Å². The molecule has 2 aromatic carbocycles. The Labute approximate surface area is 164 Å². The van der Waals surface area contributed by atoms with E-state index in [2.05, 4.69) is 4.98 Å². The van der Waals surface area contributed by atoms with Crippen LogP contribution >= 0.6 is 35.0 Å². The van der Waals surface area contributed by atoms with E-state index < -0.39 is 4.92 Å². The number of hydrogen-bond acceptors (Lipinski definition) is 5. The minimum atomic E-state index is -0.478. The zero-order chi connectivity index (χ0) is 18.5. The molecule has 0 aliphatic heterocycles. The molecular weight excluding hydrogens is 395 g/mol. The number of halogens is 2. The number of ether oxygens (including phenoxy) is 1. The predicted octanol–water partition coefficient (Wildman–Crippen LogP) is 6.38. The first-order valence-corrected chi connectivity index (χ1v) is 9.21. The molecule has 0 N–H and O–H groups in total. The van der Waals surface area contributed by atoms with Crippen molar-refractivity contribution in [3.05, 3.63) is 86.5 Å². The number of benzene rings is 2. The molecule has 0 aliphatic carbocycles. The number of nitro groups is 1. The first-order valence-electron chi connectivity index (χ1n) is 7.47. The Balaban J connectivity index is 1.81. The summed E-state index contributed by atoms with van der Waals surface area (Å²) in [6, 6.07) is 15.1. The van der Waals surface area contributed by atoms with Gasteiger partial charge in [0.2, 0.25) is 5.75 Å². The van der Waals surface area contributed by atoms with E-state index in [1.165, 1.54) is 23.9 Å². The minimum Gasteiger partial charge on any atom is -0.449 e. The van der Waals surface area contributed by atoms with Gasteiger partial charge < -0.3 is 4.74 Å². The van der Waals surface area contributed by atoms with Crippen molar-refractivity contribution in [2.75, 3.05) is 0 Å². The number of pyridine rings is 1. The number of aromatic nitrogens is 1. The topological polar surface area (TPSA) is 65.3 Å². The van der Waals surface area contributed by atoms with Gasteiger partial charge in [0.05, 0.1) is 15.0 Å². The van der Waals surface area contributed by atoms with E-state index in [4.69, 9.17) is 27.9 Å². The number of hydrogen-bond donors (Lipinski definition) is 0. The van der Waals surface area contributed by atoms with Crippen LogP contribution < -0.4 is 4.74 Å². The average Bonchev–Trinajstić information content (AvgIpc) is 2.63. The predicted molar refractivity (Wildman–Crippen MR) is 103 cm³/mol. The molecule has 0 radical (unpaired) electrons. The quantitative estimate of drug-likeness (QED) is 0.269. The van der Waals surface area contributed by atoms with Crippen molar-refractivity contribution >= 4 is 40.7 Å². The molecule has 0 aliphatic rings. The normalized spacial score (nSPS) is 10.5. The summed E-state index contributed by atoms with van der Waals surface area (Å²) in [4.78, 5) is 15.2. The van der Waals surface area contributed by atoms with Gasteiger partial charge in [-0.2, -0.15) is 0 Å². The van der Waals surface area contributed by atoms with E-state index in [0.29, 0.717) is 16.5 Å². The maximum Gasteiger partial charge on any atom is 0.311 e. The third kappa shape index (κ3) is 4.66. The maximum atomic E-state index is 11.4. The monoisotopic (exact) mass is 406 g/mol. The molecule has 1 aromatic heterocycles. The van der Waals surface area contributed by atoms with Crippen LogP contribution in [0.4, 0.5) is 5.69 Å². The highest BCUT2D eigenvalue weighted by Gasteiger charge is 2.18. The van der Waals surface area contributed by atoms with Crippen LogP contribution in [0, 0.1) is 10.1 Å². The minimum absolute atomic E-state index is 0.116. The standard InChI is InChI=1S/C18H12Cl2N2O3S/c19-13-5-7-16(14(20)10-13)25-17-6-4-12(9-15(17)22(23)24)11-26-18-3-1-2-8-21-18/h1-10H,11H2. The van der Waals surface area contributed by atoms with Crippen LogP contribution in [0.2, 0.25) is 10.0 Å². The van der Waals surface area contributed by atoms with Crippen LogP contribution in [0.1, 0.15) is 5.56 Å². The second kappa shape index (κ2) is 8.40. The molecule has 0 fully saturated rings. The second-order valence-corrected chi connectivity index (χ2v) is 7.03. The lowest BCUT2D eigenvalue weighted by atomic mass is 10.2. The summed E-state index contributed by atoms with van der Waals surface area (Å²) in [6.07, 6.45) is 1.71. The summed E-state index contributed by atoms with van der Waals surface area (Å²) in [7, 11) is 0. The molecule has 5 nitrogen and oxygen atoms in total. The Hall–Kier alpha value is -2.28. The van der Waals surface area contributed by atoms with Crippen LogP contribution in [0.15, 0.2) is 65.8 Å². The van der Waals surface area contributed by atoms with Crippen LogP contribution in [0.5, 0.6) is 11.5 Å². The van der Waals surface area contributed by atoms with Gasteiger partial charge in [-0.25, -0.2) is 4.98 Å². The molecule has 0 bridgehead atoms. The number of rotatable bonds is 6. The average molecular weight is 407 g/mol. The Morgan fingerprint density at radius 1 is 1.08 bits per heavy atom. The molecule has 3 aromatic rings. The fraction of sp³-hybridized carbons (Fsp3) is 0.0556. The van der Waals surface area contributed by atoms with E-state index in [9.17, 15) is 10.1 Å². The summed E-state index contributed by atoms with van der Waals surface area (Å²) in [6.45, 7) is 0. The SMILES string of the molecule is O=[N+]([O-])c1cc(CSc2ccccn2)ccc1Oc1ccc(Cl)cc1Cl. The molecule has 0 saturated carbocycles. The molecule has 26 heavy (non-hydrogen) atoms. The van der Waals surface area contributed by atoms with Gasteiger partial charge in [0, 0.05) is 23.0 Å². The molecule has 0 amide bonds. The van der Waals surface area contributed by atoms with E-state index in [1.54, 1.807) is 30.5 Å². The highest BCUT2D eigenvalue weighted by molar-refractivity contribution is 7.98. The molecular formula is C18H12Cl2N2O3S. The fourth-order valence-corrected chi connectivity index (χ4v) is 3.40. The molecule has 132 valence electrons. The van der Waals surface area contributed by atoms with Crippen molar-refractivity contribution in [1.29, 1.82) is 0 Å². The third-order valence-corrected chi connectivity index (χ3v) is 4.90. The van der Waals surface area contributed by atoms with E-state index in [1.807, 2.05) is 18.2 Å². The summed E-state index contributed by atoms with van der Waals surface area (Å²) in [5.74, 6) is 0.973. The highest BCUT2D eigenvalue weighted by Crippen LogP contribution is 2.37. The Morgan fingerprint density at radius 2 is 1.88 bits per heavy atom. The lowest BCUT2D eigenvalue weighted by Crippen LogP contribution is -1.95. The largest absolute Gasteiger partial charge is 0.449 e. The first kappa shape index (κ1) is 18.5. The van der Waals surface area contributed by atoms with Crippen LogP contribution in [-0.4, -0.2) is 9.91 Å². The van der Waals surface area contributed by atoms with Crippen LogP contribution in [-0.2, 0) is 5.75 Å². The van der Waals surface area contributed by atoms with E-state index in [-0.39, 0.29) is 16.5 Å². The maximum absolute atomic E-state index is 11.4. The van der Waals surface area contributed by atoms with Gasteiger partial charge >= 0.3 is 5.69 Å². The highest BCUT2D eigenvalue weighted by atomic mass is 35.5. The van der Waals surface area contributed by atoms with Crippen molar-refractivity contribution < 1.29 is 9.66 Å². The van der Waals surface area contributed by atoms with Gasteiger partial charge in [-0.3, -0.25) is 10.1 Å². The van der Waals surface area contributed by atoms with Gasteiger partial charge in [0.15, 0.2) is 0 Å². The second-order valence-electron chi connectivity index (χ2n) is 5.19. The van der Waals surface area contributed by atoms with E-state index in [0.717, 1.165) is 10.6 Å². The molecule has 0 spiro atoms.